The van der Waals surface area contributed by atoms with Crippen molar-refractivity contribution in [3.05, 3.63) is 41.9 Å². The Morgan fingerprint density at radius 3 is 2.81 bits per heavy atom. The summed E-state index contributed by atoms with van der Waals surface area (Å²) in [6.45, 7) is 5.05. The minimum absolute atomic E-state index is 0.170. The number of nitrogens with zero attached hydrogens (tertiary/aromatic N) is 6. The van der Waals surface area contributed by atoms with E-state index in [0.717, 1.165) is 12.8 Å². The molecule has 1 fully saturated rings. The van der Waals surface area contributed by atoms with Crippen LogP contribution in [0.2, 0.25) is 0 Å². The lowest BCUT2D eigenvalue weighted by molar-refractivity contribution is 0.0745. The highest BCUT2D eigenvalue weighted by Gasteiger charge is 2.25. The van der Waals surface area contributed by atoms with Crippen LogP contribution in [0.15, 0.2) is 30.7 Å². The molecule has 0 saturated carbocycles. The SMILES string of the molecule is CCCCOc1ccnc(N2CCN(C(=O)c3cnccc3C#N)CC2)n1. The molecule has 2 aromatic rings. The van der Waals surface area contributed by atoms with Gasteiger partial charge in [0, 0.05) is 50.8 Å². The van der Waals surface area contributed by atoms with Gasteiger partial charge in [0.2, 0.25) is 11.8 Å². The Kier molecular flexibility index (Phi) is 6.15. The van der Waals surface area contributed by atoms with Gasteiger partial charge in [0.1, 0.15) is 6.07 Å². The average molecular weight is 366 g/mol. The second-order valence-corrected chi connectivity index (χ2v) is 6.21. The number of piperazine rings is 1. The molecule has 1 saturated heterocycles. The largest absolute Gasteiger partial charge is 0.478 e. The van der Waals surface area contributed by atoms with Crippen molar-refractivity contribution in [1.82, 2.24) is 19.9 Å². The lowest BCUT2D eigenvalue weighted by Crippen LogP contribution is -2.49. The van der Waals surface area contributed by atoms with Crippen molar-refractivity contribution in [2.45, 2.75) is 19.8 Å². The maximum Gasteiger partial charge on any atom is 0.256 e. The van der Waals surface area contributed by atoms with Crippen molar-refractivity contribution < 1.29 is 9.53 Å². The topological polar surface area (TPSA) is 95.2 Å². The first-order valence-corrected chi connectivity index (χ1v) is 9.07. The molecule has 0 N–H and O–H groups in total. The number of hydrogen-bond acceptors (Lipinski definition) is 7. The van der Waals surface area contributed by atoms with Crippen LogP contribution in [0.1, 0.15) is 35.7 Å². The van der Waals surface area contributed by atoms with Crippen LogP contribution in [0, 0.1) is 11.3 Å². The monoisotopic (exact) mass is 366 g/mol. The van der Waals surface area contributed by atoms with Crippen molar-refractivity contribution in [2.75, 3.05) is 37.7 Å². The minimum Gasteiger partial charge on any atom is -0.478 e. The standard InChI is InChI=1S/C19H22N6O2/c1-2-3-12-27-17-5-7-22-19(23-17)25-10-8-24(9-11-25)18(26)16-14-21-6-4-15(16)13-20/h4-7,14H,2-3,8-12H2,1H3. The maximum atomic E-state index is 12.7. The number of carbonyl (C=O) groups is 1. The molecule has 27 heavy (non-hydrogen) atoms. The molecule has 1 aliphatic heterocycles. The summed E-state index contributed by atoms with van der Waals surface area (Å²) in [4.78, 5) is 29.2. The van der Waals surface area contributed by atoms with Gasteiger partial charge < -0.3 is 14.5 Å². The second kappa shape index (κ2) is 8.94. The highest BCUT2D eigenvalue weighted by atomic mass is 16.5. The number of nitriles is 1. The Labute approximate surface area is 158 Å². The maximum absolute atomic E-state index is 12.7. The van der Waals surface area contributed by atoms with E-state index in [1.165, 1.54) is 12.4 Å². The molecule has 8 nitrogen and oxygen atoms in total. The van der Waals surface area contributed by atoms with E-state index < -0.39 is 0 Å². The van der Waals surface area contributed by atoms with Crippen LogP contribution >= 0.6 is 0 Å². The molecular formula is C19H22N6O2. The molecule has 2 aromatic heterocycles. The van der Waals surface area contributed by atoms with Crippen molar-refractivity contribution in [3.8, 4) is 11.9 Å². The number of pyridine rings is 1. The van der Waals surface area contributed by atoms with Gasteiger partial charge in [-0.05, 0) is 12.5 Å². The van der Waals surface area contributed by atoms with Crippen molar-refractivity contribution in [3.63, 3.8) is 0 Å². The second-order valence-electron chi connectivity index (χ2n) is 6.21. The molecule has 1 aliphatic rings. The Balaban J connectivity index is 1.61. The third-order valence-corrected chi connectivity index (χ3v) is 4.39. The zero-order valence-electron chi connectivity index (χ0n) is 15.3. The first kappa shape index (κ1) is 18.6. The van der Waals surface area contributed by atoms with Gasteiger partial charge in [-0.15, -0.1) is 0 Å². The lowest BCUT2D eigenvalue weighted by Gasteiger charge is -2.34. The summed E-state index contributed by atoms with van der Waals surface area (Å²) in [6.07, 6.45) is 6.71. The molecule has 3 heterocycles. The van der Waals surface area contributed by atoms with E-state index in [4.69, 9.17) is 4.74 Å². The van der Waals surface area contributed by atoms with Crippen molar-refractivity contribution in [1.29, 1.82) is 5.26 Å². The van der Waals surface area contributed by atoms with Gasteiger partial charge in [-0.25, -0.2) is 4.98 Å². The van der Waals surface area contributed by atoms with Gasteiger partial charge in [-0.3, -0.25) is 9.78 Å². The molecule has 8 heteroatoms. The predicted molar refractivity (Wildman–Crippen MR) is 99.5 cm³/mol. The number of hydrogen-bond donors (Lipinski definition) is 0. The molecule has 0 spiro atoms. The molecule has 1 amide bonds. The summed E-state index contributed by atoms with van der Waals surface area (Å²) in [7, 11) is 0. The van der Waals surface area contributed by atoms with Crippen LogP contribution in [0.4, 0.5) is 5.95 Å². The number of amides is 1. The summed E-state index contributed by atoms with van der Waals surface area (Å²) in [5.41, 5.74) is 0.689. The number of anilines is 1. The predicted octanol–water partition coefficient (Wildman–Crippen LogP) is 1.88. The van der Waals surface area contributed by atoms with E-state index in [1.807, 2.05) is 11.0 Å². The zero-order chi connectivity index (χ0) is 19.1. The van der Waals surface area contributed by atoms with Gasteiger partial charge >= 0.3 is 0 Å². The fourth-order valence-electron chi connectivity index (χ4n) is 2.83. The third-order valence-electron chi connectivity index (χ3n) is 4.39. The molecule has 3 rings (SSSR count). The number of ether oxygens (including phenoxy) is 1. The van der Waals surface area contributed by atoms with E-state index in [9.17, 15) is 10.1 Å². The highest BCUT2D eigenvalue weighted by molar-refractivity contribution is 5.96. The number of unbranched alkanes of at least 4 members (excludes halogenated alkanes) is 1. The summed E-state index contributed by atoms with van der Waals surface area (Å²) >= 11 is 0. The zero-order valence-corrected chi connectivity index (χ0v) is 15.3. The fraction of sp³-hybridized carbons (Fsp3) is 0.421. The normalized spacial score (nSPS) is 13.9. The summed E-state index contributed by atoms with van der Waals surface area (Å²) in [5.74, 6) is 1.01. The number of rotatable bonds is 6. The summed E-state index contributed by atoms with van der Waals surface area (Å²) < 4.78 is 5.64. The Hall–Kier alpha value is -3.21. The first-order chi connectivity index (χ1) is 13.2. The average Bonchev–Trinajstić information content (AvgIpc) is 2.74. The molecule has 0 aliphatic carbocycles. The molecular weight excluding hydrogens is 344 g/mol. The van der Waals surface area contributed by atoms with Crippen molar-refractivity contribution in [2.24, 2.45) is 0 Å². The molecule has 0 bridgehead atoms. The van der Waals surface area contributed by atoms with Gasteiger partial charge in [0.15, 0.2) is 0 Å². The molecule has 0 radical (unpaired) electrons. The van der Waals surface area contributed by atoms with E-state index in [0.29, 0.717) is 55.7 Å². The number of aromatic nitrogens is 3. The van der Waals surface area contributed by atoms with Crippen LogP contribution in [0.5, 0.6) is 5.88 Å². The summed E-state index contributed by atoms with van der Waals surface area (Å²) in [5, 5.41) is 9.17. The van der Waals surface area contributed by atoms with Crippen LogP contribution < -0.4 is 9.64 Å². The number of carbonyl (C=O) groups excluding carboxylic acids is 1. The Morgan fingerprint density at radius 1 is 1.26 bits per heavy atom. The van der Waals surface area contributed by atoms with Gasteiger partial charge in [0.25, 0.3) is 5.91 Å². The Morgan fingerprint density at radius 2 is 2.07 bits per heavy atom. The fourth-order valence-corrected chi connectivity index (χ4v) is 2.83. The molecule has 0 atom stereocenters. The molecule has 0 unspecified atom stereocenters. The molecule has 140 valence electrons. The quantitative estimate of drug-likeness (QED) is 0.720. The lowest BCUT2D eigenvalue weighted by atomic mass is 10.1. The van der Waals surface area contributed by atoms with Crippen LogP contribution in [0.3, 0.4) is 0 Å². The third kappa shape index (κ3) is 4.50. The van der Waals surface area contributed by atoms with E-state index in [1.54, 1.807) is 23.2 Å². The van der Waals surface area contributed by atoms with E-state index >= 15 is 0 Å². The van der Waals surface area contributed by atoms with Gasteiger partial charge in [-0.1, -0.05) is 13.3 Å². The van der Waals surface area contributed by atoms with E-state index in [2.05, 4.69) is 21.9 Å². The minimum atomic E-state index is -0.170. The van der Waals surface area contributed by atoms with Crippen LogP contribution in [0.25, 0.3) is 0 Å². The summed E-state index contributed by atoms with van der Waals surface area (Å²) in [6, 6.07) is 5.36. The first-order valence-electron chi connectivity index (χ1n) is 9.07. The smallest absolute Gasteiger partial charge is 0.256 e. The Bertz CT molecular complexity index is 827. The van der Waals surface area contributed by atoms with E-state index in [-0.39, 0.29) is 5.91 Å². The van der Waals surface area contributed by atoms with Crippen molar-refractivity contribution >= 4 is 11.9 Å². The highest BCUT2D eigenvalue weighted by Crippen LogP contribution is 2.17. The van der Waals surface area contributed by atoms with Crippen LogP contribution in [-0.4, -0.2) is 58.5 Å². The van der Waals surface area contributed by atoms with Crippen LogP contribution in [-0.2, 0) is 0 Å². The van der Waals surface area contributed by atoms with Gasteiger partial charge in [-0.2, -0.15) is 10.2 Å². The molecule has 0 aromatic carbocycles. The van der Waals surface area contributed by atoms with Gasteiger partial charge in [0.05, 0.1) is 17.7 Å².